The van der Waals surface area contributed by atoms with Crippen molar-refractivity contribution in [1.82, 2.24) is 4.90 Å². The van der Waals surface area contributed by atoms with Crippen molar-refractivity contribution in [2.75, 3.05) is 33.9 Å². The van der Waals surface area contributed by atoms with E-state index >= 15 is 0 Å². The molecule has 122 valence electrons. The lowest BCUT2D eigenvalue weighted by Gasteiger charge is -2.19. The maximum atomic E-state index is 12.0. The van der Waals surface area contributed by atoms with Gasteiger partial charge in [-0.05, 0) is 30.5 Å². The van der Waals surface area contributed by atoms with E-state index in [1.165, 1.54) is 5.56 Å². The van der Waals surface area contributed by atoms with Crippen molar-refractivity contribution < 1.29 is 19.4 Å². The Morgan fingerprint density at radius 1 is 1.32 bits per heavy atom. The second-order valence-corrected chi connectivity index (χ2v) is 5.75. The number of carbonyl (C=O) groups is 1. The molecule has 2 atom stereocenters. The Morgan fingerprint density at radius 3 is 2.68 bits per heavy atom. The largest absolute Gasteiger partial charge is 0.497 e. The predicted octanol–water partition coefficient (Wildman–Crippen LogP) is 1.48. The molecule has 0 aromatic heterocycles. The molecule has 1 aliphatic rings. The molecule has 1 aromatic carbocycles. The van der Waals surface area contributed by atoms with E-state index in [9.17, 15) is 9.90 Å². The first kappa shape index (κ1) is 16.8. The molecule has 0 aliphatic carbocycles. The van der Waals surface area contributed by atoms with Gasteiger partial charge in [0, 0.05) is 39.1 Å². The number of aliphatic hydroxyl groups excluding tert-OH is 1. The van der Waals surface area contributed by atoms with Crippen molar-refractivity contribution in [2.24, 2.45) is 5.92 Å². The van der Waals surface area contributed by atoms with E-state index in [1.807, 2.05) is 29.2 Å². The third-order valence-corrected chi connectivity index (χ3v) is 4.24. The Morgan fingerprint density at radius 2 is 2.05 bits per heavy atom. The average molecular weight is 307 g/mol. The number of nitrogens with zero attached hydrogens (tertiary/aromatic N) is 1. The number of hydrogen-bond acceptors (Lipinski definition) is 4. The van der Waals surface area contributed by atoms with Crippen LogP contribution in [-0.4, -0.2) is 55.9 Å². The normalized spacial score (nSPS) is 19.5. The lowest BCUT2D eigenvalue weighted by atomic mass is 9.99. The molecule has 0 unspecified atom stereocenters. The minimum absolute atomic E-state index is 0.0264. The van der Waals surface area contributed by atoms with Crippen LogP contribution in [0.5, 0.6) is 5.75 Å². The number of aliphatic hydroxyl groups is 1. The van der Waals surface area contributed by atoms with E-state index in [1.54, 1.807) is 14.2 Å². The highest BCUT2D eigenvalue weighted by Crippen LogP contribution is 2.23. The SMILES string of the molecule is COCC[C@@H](O)[C@@H]1CC(=O)N(CCc2ccc(OC)cc2)C1. The third-order valence-electron chi connectivity index (χ3n) is 4.24. The highest BCUT2D eigenvalue weighted by Gasteiger charge is 2.33. The van der Waals surface area contributed by atoms with Gasteiger partial charge in [-0.2, -0.15) is 0 Å². The Hall–Kier alpha value is -1.59. The molecule has 1 aliphatic heterocycles. The van der Waals surface area contributed by atoms with Crippen molar-refractivity contribution >= 4 is 5.91 Å². The smallest absolute Gasteiger partial charge is 0.223 e. The van der Waals surface area contributed by atoms with Crippen LogP contribution >= 0.6 is 0 Å². The second kappa shape index (κ2) is 8.15. The van der Waals surface area contributed by atoms with Crippen LogP contribution in [0.15, 0.2) is 24.3 Å². The zero-order chi connectivity index (χ0) is 15.9. The molecule has 1 aromatic rings. The van der Waals surface area contributed by atoms with Crippen LogP contribution < -0.4 is 4.74 Å². The molecule has 22 heavy (non-hydrogen) atoms. The summed E-state index contributed by atoms with van der Waals surface area (Å²) in [5.74, 6) is 0.996. The number of methoxy groups -OCH3 is 2. The van der Waals surface area contributed by atoms with Crippen LogP contribution in [0.1, 0.15) is 18.4 Å². The molecule has 5 heteroatoms. The monoisotopic (exact) mass is 307 g/mol. The van der Waals surface area contributed by atoms with Crippen molar-refractivity contribution in [3.05, 3.63) is 29.8 Å². The predicted molar refractivity (Wildman–Crippen MR) is 83.9 cm³/mol. The molecule has 1 N–H and O–H groups in total. The number of ether oxygens (including phenoxy) is 2. The fourth-order valence-electron chi connectivity index (χ4n) is 2.81. The summed E-state index contributed by atoms with van der Waals surface area (Å²) in [6, 6.07) is 7.89. The van der Waals surface area contributed by atoms with E-state index in [2.05, 4.69) is 0 Å². The first-order valence-corrected chi connectivity index (χ1v) is 7.71. The number of hydrogen-bond donors (Lipinski definition) is 1. The van der Waals surface area contributed by atoms with Crippen LogP contribution in [0.25, 0.3) is 0 Å². The molecule has 0 radical (unpaired) electrons. The zero-order valence-corrected chi connectivity index (χ0v) is 13.3. The summed E-state index contributed by atoms with van der Waals surface area (Å²) in [6.45, 7) is 1.86. The minimum atomic E-state index is -0.463. The summed E-state index contributed by atoms with van der Waals surface area (Å²) >= 11 is 0. The summed E-state index contributed by atoms with van der Waals surface area (Å²) in [4.78, 5) is 13.9. The van der Waals surface area contributed by atoms with Gasteiger partial charge in [-0.3, -0.25) is 4.79 Å². The molecule has 0 saturated carbocycles. The van der Waals surface area contributed by atoms with Gasteiger partial charge in [0.25, 0.3) is 0 Å². The molecule has 0 spiro atoms. The van der Waals surface area contributed by atoms with Crippen molar-refractivity contribution in [3.8, 4) is 5.75 Å². The van der Waals surface area contributed by atoms with Crippen LogP contribution in [0.4, 0.5) is 0 Å². The minimum Gasteiger partial charge on any atom is -0.497 e. The van der Waals surface area contributed by atoms with Gasteiger partial charge >= 0.3 is 0 Å². The standard InChI is InChI=1S/C17H25NO4/c1-21-10-8-16(19)14-11-17(20)18(12-14)9-7-13-3-5-15(22-2)6-4-13/h3-6,14,16,19H,7-12H2,1-2H3/t14-,16-/m1/s1. The van der Waals surface area contributed by atoms with E-state index < -0.39 is 6.10 Å². The molecular formula is C17H25NO4. The van der Waals surface area contributed by atoms with E-state index in [4.69, 9.17) is 9.47 Å². The van der Waals surface area contributed by atoms with Gasteiger partial charge < -0.3 is 19.5 Å². The number of carbonyl (C=O) groups excluding carboxylic acids is 1. The summed E-state index contributed by atoms with van der Waals surface area (Å²) < 4.78 is 10.1. The molecule has 1 amide bonds. The Balaban J connectivity index is 1.81. The molecule has 1 saturated heterocycles. The molecule has 5 nitrogen and oxygen atoms in total. The Kier molecular flexibility index (Phi) is 6.21. The highest BCUT2D eigenvalue weighted by atomic mass is 16.5. The van der Waals surface area contributed by atoms with Crippen LogP contribution in [0, 0.1) is 5.92 Å². The first-order valence-electron chi connectivity index (χ1n) is 7.71. The third kappa shape index (κ3) is 4.45. The fraction of sp³-hybridized carbons (Fsp3) is 0.588. The Bertz CT molecular complexity index is 474. The van der Waals surface area contributed by atoms with Crippen molar-refractivity contribution in [2.45, 2.75) is 25.4 Å². The van der Waals surface area contributed by atoms with E-state index in [0.717, 1.165) is 12.2 Å². The highest BCUT2D eigenvalue weighted by molar-refractivity contribution is 5.78. The molecule has 1 fully saturated rings. The van der Waals surface area contributed by atoms with Crippen molar-refractivity contribution in [1.29, 1.82) is 0 Å². The molecular weight excluding hydrogens is 282 g/mol. The van der Waals surface area contributed by atoms with Gasteiger partial charge in [0.15, 0.2) is 0 Å². The van der Waals surface area contributed by atoms with Crippen LogP contribution in [0.2, 0.25) is 0 Å². The zero-order valence-electron chi connectivity index (χ0n) is 13.3. The van der Waals surface area contributed by atoms with E-state index in [-0.39, 0.29) is 11.8 Å². The van der Waals surface area contributed by atoms with Crippen LogP contribution in [-0.2, 0) is 16.0 Å². The van der Waals surface area contributed by atoms with Gasteiger partial charge in [-0.15, -0.1) is 0 Å². The fourth-order valence-corrected chi connectivity index (χ4v) is 2.81. The average Bonchev–Trinajstić information content (AvgIpc) is 2.92. The number of rotatable bonds is 8. The number of amides is 1. The van der Waals surface area contributed by atoms with Gasteiger partial charge in [0.2, 0.25) is 5.91 Å². The Labute approximate surface area is 131 Å². The van der Waals surface area contributed by atoms with Gasteiger partial charge in [-0.1, -0.05) is 12.1 Å². The summed E-state index contributed by atoms with van der Waals surface area (Å²) in [7, 11) is 3.26. The maximum absolute atomic E-state index is 12.0. The lowest BCUT2D eigenvalue weighted by molar-refractivity contribution is -0.127. The first-order chi connectivity index (χ1) is 10.6. The van der Waals surface area contributed by atoms with Crippen molar-refractivity contribution in [3.63, 3.8) is 0 Å². The summed E-state index contributed by atoms with van der Waals surface area (Å²) in [5.41, 5.74) is 1.18. The maximum Gasteiger partial charge on any atom is 0.223 e. The lowest BCUT2D eigenvalue weighted by Crippen LogP contribution is -2.29. The quantitative estimate of drug-likeness (QED) is 0.790. The van der Waals surface area contributed by atoms with Gasteiger partial charge in [0.05, 0.1) is 13.2 Å². The topological polar surface area (TPSA) is 59.0 Å². The van der Waals surface area contributed by atoms with Crippen LogP contribution in [0.3, 0.4) is 0 Å². The molecule has 1 heterocycles. The summed E-state index contributed by atoms with van der Waals surface area (Å²) in [5, 5.41) is 10.1. The second-order valence-electron chi connectivity index (χ2n) is 5.75. The number of benzene rings is 1. The number of likely N-dealkylation sites (tertiary alicyclic amines) is 1. The van der Waals surface area contributed by atoms with Gasteiger partial charge in [-0.25, -0.2) is 0 Å². The van der Waals surface area contributed by atoms with E-state index in [0.29, 0.717) is 32.5 Å². The molecule has 2 rings (SSSR count). The summed E-state index contributed by atoms with van der Waals surface area (Å²) in [6.07, 6.45) is 1.38. The van der Waals surface area contributed by atoms with Gasteiger partial charge in [0.1, 0.15) is 5.75 Å². The molecule has 0 bridgehead atoms.